The Morgan fingerprint density at radius 3 is 2.82 bits per heavy atom. The minimum atomic E-state index is -0.0201. The number of ether oxygens (including phenoxy) is 1. The van der Waals surface area contributed by atoms with Gasteiger partial charge in [0, 0.05) is 47.5 Å². The molecule has 8 nitrogen and oxygen atoms in total. The van der Waals surface area contributed by atoms with Gasteiger partial charge in [0.1, 0.15) is 11.6 Å². The van der Waals surface area contributed by atoms with Gasteiger partial charge in [-0.05, 0) is 31.2 Å². The number of nitrogens with zero attached hydrogens (tertiary/aromatic N) is 3. The van der Waals surface area contributed by atoms with Crippen molar-refractivity contribution >= 4 is 29.0 Å². The van der Waals surface area contributed by atoms with Crippen molar-refractivity contribution in [3.8, 4) is 17.0 Å². The molecule has 1 aromatic carbocycles. The minimum Gasteiger partial charge on any atom is -0.496 e. The lowest BCUT2D eigenvalue weighted by molar-refractivity contribution is -0.115. The number of carbonyl (C=O) groups is 1. The summed E-state index contributed by atoms with van der Waals surface area (Å²) >= 11 is 0. The number of nitrogens with one attached hydrogen (secondary N) is 3. The van der Waals surface area contributed by atoms with Crippen molar-refractivity contribution in [2.45, 2.75) is 13.3 Å². The van der Waals surface area contributed by atoms with Crippen molar-refractivity contribution in [3.63, 3.8) is 0 Å². The maximum atomic E-state index is 11.6. The van der Waals surface area contributed by atoms with E-state index >= 15 is 0 Å². The van der Waals surface area contributed by atoms with Gasteiger partial charge >= 0.3 is 0 Å². The minimum absolute atomic E-state index is 0.0201. The number of aryl methyl sites for hydroxylation is 1. The molecule has 0 fully saturated rings. The lowest BCUT2D eigenvalue weighted by Gasteiger charge is -2.13. The van der Waals surface area contributed by atoms with Crippen molar-refractivity contribution in [2.24, 2.45) is 0 Å². The molecule has 3 N–H and O–H groups in total. The lowest BCUT2D eigenvalue weighted by atomic mass is 10.1. The van der Waals surface area contributed by atoms with Crippen LogP contribution in [0.5, 0.6) is 5.75 Å². The summed E-state index contributed by atoms with van der Waals surface area (Å²) in [6, 6.07) is 9.41. The summed E-state index contributed by atoms with van der Waals surface area (Å²) in [6.07, 6.45) is 2.09. The molecule has 3 aromatic rings. The molecule has 1 aliphatic rings. The van der Waals surface area contributed by atoms with E-state index in [1.54, 1.807) is 13.3 Å². The highest BCUT2D eigenvalue weighted by Crippen LogP contribution is 2.35. The number of rotatable bonds is 5. The first-order valence-electron chi connectivity index (χ1n) is 8.83. The molecule has 3 heterocycles. The Morgan fingerprint density at radius 2 is 2.04 bits per heavy atom. The van der Waals surface area contributed by atoms with Gasteiger partial charge in [-0.25, -0.2) is 4.98 Å². The van der Waals surface area contributed by atoms with Gasteiger partial charge < -0.3 is 20.7 Å². The van der Waals surface area contributed by atoms with Crippen molar-refractivity contribution in [3.05, 3.63) is 47.8 Å². The van der Waals surface area contributed by atoms with Crippen LogP contribution in [-0.4, -0.2) is 35.0 Å². The summed E-state index contributed by atoms with van der Waals surface area (Å²) < 4.78 is 5.50. The number of aromatic nitrogens is 3. The number of hydrogen-bond acceptors (Lipinski definition) is 7. The highest BCUT2D eigenvalue weighted by molar-refractivity contribution is 5.99. The monoisotopic (exact) mass is 376 g/mol. The van der Waals surface area contributed by atoms with Crippen LogP contribution in [0, 0.1) is 6.92 Å². The molecule has 8 heteroatoms. The number of carbonyl (C=O) groups excluding carboxylic acids is 1. The molecule has 0 unspecified atom stereocenters. The quantitative estimate of drug-likeness (QED) is 0.629. The molecule has 1 amide bonds. The summed E-state index contributed by atoms with van der Waals surface area (Å²) in [7, 11) is 3.43. The molecule has 4 rings (SSSR count). The van der Waals surface area contributed by atoms with Crippen LogP contribution in [-0.2, 0) is 11.2 Å². The van der Waals surface area contributed by atoms with E-state index in [-0.39, 0.29) is 5.91 Å². The molecule has 0 saturated carbocycles. The number of methoxy groups -OCH3 is 1. The SMILES string of the molecule is CNc1cc(C)nc(Nc2ccc(OC)c(-c3cc4c(cn3)CC(=O)N4)c2)n1. The molecule has 0 spiro atoms. The van der Waals surface area contributed by atoms with Gasteiger partial charge in [-0.2, -0.15) is 4.98 Å². The number of fused-ring (bicyclic) bond motifs is 1. The second-order valence-electron chi connectivity index (χ2n) is 6.46. The van der Waals surface area contributed by atoms with Crippen LogP contribution in [0.2, 0.25) is 0 Å². The molecule has 28 heavy (non-hydrogen) atoms. The third-order valence-electron chi connectivity index (χ3n) is 4.45. The van der Waals surface area contributed by atoms with E-state index in [0.717, 1.165) is 34.0 Å². The number of hydrogen-bond donors (Lipinski definition) is 3. The van der Waals surface area contributed by atoms with Crippen LogP contribution >= 0.6 is 0 Å². The molecular weight excluding hydrogens is 356 g/mol. The normalized spacial score (nSPS) is 12.3. The van der Waals surface area contributed by atoms with E-state index in [2.05, 4.69) is 30.9 Å². The maximum Gasteiger partial charge on any atom is 0.229 e. The topological polar surface area (TPSA) is 101 Å². The van der Waals surface area contributed by atoms with Gasteiger partial charge in [0.05, 0.1) is 19.2 Å². The number of anilines is 4. The van der Waals surface area contributed by atoms with E-state index < -0.39 is 0 Å². The number of amides is 1. The average molecular weight is 376 g/mol. The fourth-order valence-corrected chi connectivity index (χ4v) is 3.12. The fourth-order valence-electron chi connectivity index (χ4n) is 3.12. The van der Waals surface area contributed by atoms with E-state index in [4.69, 9.17) is 4.74 Å². The van der Waals surface area contributed by atoms with Gasteiger partial charge in [-0.15, -0.1) is 0 Å². The third-order valence-corrected chi connectivity index (χ3v) is 4.45. The lowest BCUT2D eigenvalue weighted by Crippen LogP contribution is -2.03. The second-order valence-corrected chi connectivity index (χ2v) is 6.46. The first-order valence-corrected chi connectivity index (χ1v) is 8.83. The zero-order valence-electron chi connectivity index (χ0n) is 15.8. The van der Waals surface area contributed by atoms with Crippen LogP contribution in [0.25, 0.3) is 11.3 Å². The summed E-state index contributed by atoms with van der Waals surface area (Å²) in [4.78, 5) is 25.0. The van der Waals surface area contributed by atoms with Crippen LogP contribution < -0.4 is 20.7 Å². The number of benzene rings is 1. The van der Waals surface area contributed by atoms with Gasteiger partial charge in [0.15, 0.2) is 0 Å². The zero-order valence-corrected chi connectivity index (χ0v) is 15.8. The standard InChI is InChI=1S/C20H20N6O2/c1-11-6-18(21-2)26-20(23-11)24-13-4-5-17(28-3)14(8-13)16-9-15-12(10-22-16)7-19(27)25-15/h4-6,8-10H,7H2,1-3H3,(H,25,27)(H2,21,23,24,26). The Kier molecular flexibility index (Phi) is 4.52. The molecular formula is C20H20N6O2. The van der Waals surface area contributed by atoms with Gasteiger partial charge in [-0.1, -0.05) is 0 Å². The highest BCUT2D eigenvalue weighted by atomic mass is 16.5. The summed E-state index contributed by atoms with van der Waals surface area (Å²) in [6.45, 7) is 1.91. The van der Waals surface area contributed by atoms with E-state index in [9.17, 15) is 4.79 Å². The highest BCUT2D eigenvalue weighted by Gasteiger charge is 2.20. The van der Waals surface area contributed by atoms with E-state index in [1.807, 2.05) is 44.3 Å². The summed E-state index contributed by atoms with van der Waals surface area (Å²) in [5, 5.41) is 9.10. The molecule has 0 saturated heterocycles. The van der Waals surface area contributed by atoms with Crippen LogP contribution in [0.15, 0.2) is 36.5 Å². The van der Waals surface area contributed by atoms with Crippen LogP contribution in [0.1, 0.15) is 11.3 Å². The zero-order chi connectivity index (χ0) is 19.7. The van der Waals surface area contributed by atoms with E-state index in [1.165, 1.54) is 0 Å². The molecule has 0 aliphatic carbocycles. The van der Waals surface area contributed by atoms with Crippen molar-refractivity contribution in [1.82, 2.24) is 15.0 Å². The smallest absolute Gasteiger partial charge is 0.229 e. The Labute approximate surface area is 162 Å². The number of pyridine rings is 1. The first kappa shape index (κ1) is 17.7. The predicted octanol–water partition coefficient (Wildman–Crippen LogP) is 3.14. The van der Waals surface area contributed by atoms with Crippen LogP contribution in [0.3, 0.4) is 0 Å². The Morgan fingerprint density at radius 1 is 1.18 bits per heavy atom. The molecule has 0 bridgehead atoms. The predicted molar refractivity (Wildman–Crippen MR) is 108 cm³/mol. The molecule has 0 radical (unpaired) electrons. The summed E-state index contributed by atoms with van der Waals surface area (Å²) in [5.41, 5.74) is 4.85. The molecule has 2 aromatic heterocycles. The molecule has 1 aliphatic heterocycles. The Balaban J connectivity index is 1.70. The largest absolute Gasteiger partial charge is 0.496 e. The Hall–Kier alpha value is -3.68. The maximum absolute atomic E-state index is 11.6. The first-order chi connectivity index (χ1) is 13.6. The van der Waals surface area contributed by atoms with Crippen LogP contribution in [0.4, 0.5) is 23.1 Å². The Bertz CT molecular complexity index is 1070. The van der Waals surface area contributed by atoms with Gasteiger partial charge in [0.2, 0.25) is 11.9 Å². The van der Waals surface area contributed by atoms with Gasteiger partial charge in [0.25, 0.3) is 0 Å². The van der Waals surface area contributed by atoms with Crippen molar-refractivity contribution in [2.75, 3.05) is 30.1 Å². The van der Waals surface area contributed by atoms with E-state index in [0.29, 0.717) is 23.8 Å². The summed E-state index contributed by atoms with van der Waals surface area (Å²) in [5.74, 6) is 1.89. The molecule has 142 valence electrons. The second kappa shape index (κ2) is 7.15. The van der Waals surface area contributed by atoms with Crippen molar-refractivity contribution < 1.29 is 9.53 Å². The fraction of sp³-hybridized carbons (Fsp3) is 0.200. The van der Waals surface area contributed by atoms with Gasteiger partial charge in [-0.3, -0.25) is 9.78 Å². The average Bonchev–Trinajstić information content (AvgIpc) is 3.06. The molecule has 0 atom stereocenters. The third kappa shape index (κ3) is 3.44. The van der Waals surface area contributed by atoms with Crippen molar-refractivity contribution in [1.29, 1.82) is 0 Å².